The molecule has 0 fully saturated rings. The van der Waals surface area contributed by atoms with Crippen LogP contribution in [-0.2, 0) is 19.1 Å². The van der Waals surface area contributed by atoms with Gasteiger partial charge in [-0.05, 0) is 60.9 Å². The lowest BCUT2D eigenvalue weighted by atomic mass is 9.94. The van der Waals surface area contributed by atoms with Gasteiger partial charge in [-0.2, -0.15) is 4.59 Å². The van der Waals surface area contributed by atoms with E-state index in [4.69, 9.17) is 14.6 Å². The van der Waals surface area contributed by atoms with Gasteiger partial charge >= 0.3 is 11.9 Å². The SMILES string of the molecule is CCC[N+]1(C)N=C(C(C)C)C(C(=O)OCOC(=O)C(C)(C)C)=C1c1ccc(-c2ccccc2-c2nnn[nH]2)cc1. The molecular weight excluding hydrogens is 508 g/mol. The molecule has 0 aliphatic carbocycles. The second-order valence-corrected chi connectivity index (χ2v) is 11.3. The molecule has 1 N–H and O–H groups in total. The highest BCUT2D eigenvalue weighted by Gasteiger charge is 2.45. The Morgan fingerprint density at radius 3 is 2.20 bits per heavy atom. The minimum Gasteiger partial charge on any atom is -0.427 e. The van der Waals surface area contributed by atoms with Crippen molar-refractivity contribution in [1.82, 2.24) is 20.6 Å². The molecule has 3 aromatic rings. The largest absolute Gasteiger partial charge is 0.427 e. The summed E-state index contributed by atoms with van der Waals surface area (Å²) in [7, 11) is 2.00. The van der Waals surface area contributed by atoms with Gasteiger partial charge in [-0.25, -0.2) is 9.89 Å². The highest BCUT2D eigenvalue weighted by molar-refractivity contribution is 6.25. The molecule has 1 aliphatic heterocycles. The Bertz CT molecular complexity index is 1440. The summed E-state index contributed by atoms with van der Waals surface area (Å²) in [6.45, 7) is 11.6. The summed E-state index contributed by atoms with van der Waals surface area (Å²) < 4.78 is 10.9. The molecule has 10 heteroatoms. The fraction of sp³-hybridized carbons (Fsp3) is 0.400. The summed E-state index contributed by atoms with van der Waals surface area (Å²) in [4.78, 5) is 25.7. The topological polar surface area (TPSA) is 119 Å². The monoisotopic (exact) mass is 545 g/mol. The number of aromatic nitrogens is 4. The maximum Gasteiger partial charge on any atom is 0.349 e. The Morgan fingerprint density at radius 2 is 1.62 bits per heavy atom. The number of quaternary nitrogens is 1. The van der Waals surface area contributed by atoms with Gasteiger partial charge in [0, 0.05) is 17.0 Å². The summed E-state index contributed by atoms with van der Waals surface area (Å²) in [6.07, 6.45) is 0.858. The Morgan fingerprint density at radius 1 is 0.975 bits per heavy atom. The molecule has 1 aliphatic rings. The van der Waals surface area contributed by atoms with Crippen LogP contribution in [0.5, 0.6) is 0 Å². The zero-order valence-corrected chi connectivity index (χ0v) is 24.2. The Hall–Kier alpha value is -4.18. The fourth-order valence-electron chi connectivity index (χ4n) is 4.77. The van der Waals surface area contributed by atoms with Crippen LogP contribution < -0.4 is 0 Å². The molecular formula is C30H37N6O4+. The molecule has 0 radical (unpaired) electrons. The number of rotatable bonds is 9. The van der Waals surface area contributed by atoms with Crippen LogP contribution in [-0.4, -0.2) is 63.3 Å². The zero-order valence-electron chi connectivity index (χ0n) is 24.2. The van der Waals surface area contributed by atoms with Gasteiger partial charge in [0.1, 0.15) is 12.3 Å². The van der Waals surface area contributed by atoms with Crippen molar-refractivity contribution < 1.29 is 23.7 Å². The lowest BCUT2D eigenvalue weighted by Crippen LogP contribution is -2.35. The van der Waals surface area contributed by atoms with Gasteiger partial charge in [0.25, 0.3) is 0 Å². The van der Waals surface area contributed by atoms with E-state index in [0.717, 1.165) is 34.4 Å². The molecule has 0 spiro atoms. The van der Waals surface area contributed by atoms with Crippen LogP contribution in [0, 0.1) is 11.3 Å². The molecule has 0 amide bonds. The quantitative estimate of drug-likeness (QED) is 0.222. The van der Waals surface area contributed by atoms with Gasteiger partial charge in [-0.15, -0.1) is 5.10 Å². The van der Waals surface area contributed by atoms with Gasteiger partial charge in [0.15, 0.2) is 17.1 Å². The van der Waals surface area contributed by atoms with E-state index in [9.17, 15) is 9.59 Å². The highest BCUT2D eigenvalue weighted by Crippen LogP contribution is 2.39. The van der Waals surface area contributed by atoms with E-state index in [1.54, 1.807) is 20.8 Å². The Labute approximate surface area is 234 Å². The number of tetrazole rings is 1. The van der Waals surface area contributed by atoms with Crippen molar-refractivity contribution in [2.45, 2.75) is 48.0 Å². The minimum atomic E-state index is -0.699. The third-order valence-corrected chi connectivity index (χ3v) is 6.70. The smallest absolute Gasteiger partial charge is 0.349 e. The van der Waals surface area contributed by atoms with Crippen molar-refractivity contribution >= 4 is 23.3 Å². The average molecular weight is 546 g/mol. The molecule has 2 aromatic carbocycles. The molecule has 10 nitrogen and oxygen atoms in total. The van der Waals surface area contributed by atoms with E-state index in [-0.39, 0.29) is 10.5 Å². The van der Waals surface area contributed by atoms with Crippen molar-refractivity contribution in [3.63, 3.8) is 0 Å². The molecule has 4 rings (SSSR count). The van der Waals surface area contributed by atoms with Crippen molar-refractivity contribution in [2.75, 3.05) is 20.4 Å². The van der Waals surface area contributed by atoms with Gasteiger partial charge in [0.05, 0.1) is 12.5 Å². The minimum absolute atomic E-state index is 0.0202. The van der Waals surface area contributed by atoms with Crippen LogP contribution >= 0.6 is 0 Å². The fourth-order valence-corrected chi connectivity index (χ4v) is 4.77. The number of hydrogen-bond acceptors (Lipinski definition) is 8. The number of esters is 2. The normalized spacial score (nSPS) is 17.2. The van der Waals surface area contributed by atoms with Crippen molar-refractivity contribution in [3.05, 3.63) is 59.7 Å². The number of hydrogen-bond donors (Lipinski definition) is 1. The standard InChI is InChI=1S/C30H36N6O4/c1-8-17-36(7)26(24(25(33-36)19(2)3)28(37)39-18-40-29(38)30(4,5)6)21-15-13-20(14-16-21)22-11-9-10-12-23(22)27-31-34-35-32-27/h9-16,19H,8,17-18H2,1-7H3/p+1. The van der Waals surface area contributed by atoms with Crippen LogP contribution in [0.15, 0.2) is 59.2 Å². The van der Waals surface area contributed by atoms with Crippen LogP contribution in [0.3, 0.4) is 0 Å². The second-order valence-electron chi connectivity index (χ2n) is 11.3. The molecule has 1 unspecified atom stereocenters. The summed E-state index contributed by atoms with van der Waals surface area (Å²) >= 11 is 0. The number of carbonyl (C=O) groups excluding carboxylic acids is 2. The average Bonchev–Trinajstić information content (AvgIpc) is 3.55. The number of ether oxygens (including phenoxy) is 2. The van der Waals surface area contributed by atoms with Crippen LogP contribution in [0.1, 0.15) is 53.5 Å². The first-order valence-electron chi connectivity index (χ1n) is 13.5. The Balaban J connectivity index is 1.73. The summed E-state index contributed by atoms with van der Waals surface area (Å²) in [5, 5.41) is 19.3. The number of carbonyl (C=O) groups is 2. The molecule has 0 saturated heterocycles. The van der Waals surface area contributed by atoms with Crippen molar-refractivity contribution in [1.29, 1.82) is 0 Å². The van der Waals surface area contributed by atoms with Crippen LogP contribution in [0.2, 0.25) is 0 Å². The van der Waals surface area contributed by atoms with E-state index in [1.165, 1.54) is 0 Å². The van der Waals surface area contributed by atoms with Crippen LogP contribution in [0.4, 0.5) is 0 Å². The maximum absolute atomic E-state index is 13.5. The third-order valence-electron chi connectivity index (χ3n) is 6.70. The number of aromatic amines is 1. The third kappa shape index (κ3) is 5.86. The first kappa shape index (κ1) is 28.8. The number of nitrogens with zero attached hydrogens (tertiary/aromatic N) is 5. The van der Waals surface area contributed by atoms with Gasteiger partial charge in [-0.3, -0.25) is 4.79 Å². The first-order valence-corrected chi connectivity index (χ1v) is 13.5. The lowest BCUT2D eigenvalue weighted by Gasteiger charge is -2.26. The molecule has 40 heavy (non-hydrogen) atoms. The van der Waals surface area contributed by atoms with Gasteiger partial charge in [-0.1, -0.05) is 62.3 Å². The summed E-state index contributed by atoms with van der Waals surface area (Å²) in [5.74, 6) is -0.442. The molecule has 1 aromatic heterocycles. The summed E-state index contributed by atoms with van der Waals surface area (Å²) in [5.41, 5.74) is 4.83. The summed E-state index contributed by atoms with van der Waals surface area (Å²) in [6, 6.07) is 15.9. The molecule has 0 saturated carbocycles. The highest BCUT2D eigenvalue weighted by atomic mass is 16.7. The van der Waals surface area contributed by atoms with E-state index in [2.05, 4.69) is 27.5 Å². The number of H-pyrrole nitrogens is 1. The Kier molecular flexibility index (Phi) is 8.29. The van der Waals surface area contributed by atoms with E-state index >= 15 is 0 Å². The van der Waals surface area contributed by atoms with E-state index in [1.807, 2.05) is 69.4 Å². The van der Waals surface area contributed by atoms with Gasteiger partial charge < -0.3 is 9.47 Å². The predicted octanol–water partition coefficient (Wildman–Crippen LogP) is 5.22. The molecule has 0 bridgehead atoms. The lowest BCUT2D eigenvalue weighted by molar-refractivity contribution is -0.844. The van der Waals surface area contributed by atoms with Gasteiger partial charge in [0.2, 0.25) is 6.79 Å². The number of benzene rings is 2. The van der Waals surface area contributed by atoms with Crippen LogP contribution in [0.25, 0.3) is 28.2 Å². The molecule has 1 atom stereocenters. The predicted molar refractivity (Wildman–Crippen MR) is 152 cm³/mol. The molecule has 2 heterocycles. The first-order chi connectivity index (χ1) is 19.0. The van der Waals surface area contributed by atoms with Crippen molar-refractivity contribution in [2.24, 2.45) is 16.4 Å². The maximum atomic E-state index is 13.5. The number of nitrogens with one attached hydrogen (secondary N) is 1. The van der Waals surface area contributed by atoms with E-state index < -0.39 is 24.1 Å². The molecule has 210 valence electrons. The van der Waals surface area contributed by atoms with E-state index in [0.29, 0.717) is 23.7 Å². The zero-order chi connectivity index (χ0) is 29.1. The van der Waals surface area contributed by atoms with Crippen molar-refractivity contribution in [3.8, 4) is 22.5 Å². The second kappa shape index (κ2) is 11.5.